The van der Waals surface area contributed by atoms with Crippen LogP contribution in [0.15, 0.2) is 22.0 Å². The molecule has 1 N–H and O–H groups in total. The van der Waals surface area contributed by atoms with Crippen LogP contribution in [0.5, 0.6) is 0 Å². The van der Waals surface area contributed by atoms with Crippen LogP contribution in [0.1, 0.15) is 0 Å². The van der Waals surface area contributed by atoms with Crippen molar-refractivity contribution in [2.24, 2.45) is 0 Å². The summed E-state index contributed by atoms with van der Waals surface area (Å²) in [6.45, 7) is 0. The van der Waals surface area contributed by atoms with Crippen LogP contribution in [0.3, 0.4) is 0 Å². The molecule has 0 saturated heterocycles. The van der Waals surface area contributed by atoms with Crippen LogP contribution < -0.4 is 0 Å². The molecule has 9 heavy (non-hydrogen) atoms. The van der Waals surface area contributed by atoms with Crippen molar-refractivity contribution in [2.75, 3.05) is 0 Å². The third kappa shape index (κ3) is 4.53. The summed E-state index contributed by atoms with van der Waals surface area (Å²) in [7, 11) is 5.47. The van der Waals surface area contributed by atoms with E-state index in [0.29, 0.717) is 6.29 Å². The number of allylic oxidation sites excluding steroid dienone is 3. The van der Waals surface area contributed by atoms with Gasteiger partial charge in [0.1, 0.15) is 0 Å². The number of hydrogen-bond acceptors (Lipinski definition) is 2. The van der Waals surface area contributed by atoms with Gasteiger partial charge in [-0.25, -0.2) is 0 Å². The van der Waals surface area contributed by atoms with Crippen LogP contribution in [-0.4, -0.2) is 31.2 Å². The SMILES string of the molecule is O=C/C=C(/C=C\O)[Te]Cl. The van der Waals surface area contributed by atoms with Crippen molar-refractivity contribution >= 4 is 35.1 Å². The predicted octanol–water partition coefficient (Wildman–Crippen LogP) is 0.999. The maximum atomic E-state index is 9.82. The zero-order chi connectivity index (χ0) is 7.11. The minimum atomic E-state index is -0.770. The number of halogens is 1. The third-order valence-electron chi connectivity index (χ3n) is 0.560. The van der Waals surface area contributed by atoms with E-state index in [0.717, 1.165) is 9.88 Å². The molecule has 2 nitrogen and oxygen atoms in total. The Kier molecular flexibility index (Phi) is 6.17. The molecule has 0 radical (unpaired) electrons. The molecule has 0 rings (SSSR count). The fourth-order valence-electron chi connectivity index (χ4n) is 0.248. The Morgan fingerprint density at radius 3 is 2.67 bits per heavy atom. The summed E-state index contributed by atoms with van der Waals surface area (Å²) in [6, 6.07) is 0. The summed E-state index contributed by atoms with van der Waals surface area (Å²) in [4.78, 5) is 9.82. The Hall–Kier alpha value is 0.0296. The fraction of sp³-hybridized carbons (Fsp3) is 0. The molecule has 0 aromatic heterocycles. The third-order valence-corrected chi connectivity index (χ3v) is 3.04. The molecular weight excluding hydrogens is 255 g/mol. The van der Waals surface area contributed by atoms with E-state index in [-0.39, 0.29) is 0 Å². The van der Waals surface area contributed by atoms with E-state index in [2.05, 4.69) is 0 Å². The average Bonchev–Trinajstić information content (AvgIpc) is 1.88. The van der Waals surface area contributed by atoms with Gasteiger partial charge >= 0.3 is 67.0 Å². The molecule has 4 heteroatoms. The first-order valence-corrected chi connectivity index (χ1v) is 6.21. The average molecular weight is 260 g/mol. The van der Waals surface area contributed by atoms with Gasteiger partial charge < -0.3 is 0 Å². The van der Waals surface area contributed by atoms with Gasteiger partial charge in [-0.15, -0.1) is 0 Å². The molecule has 0 aliphatic heterocycles. The number of rotatable bonds is 3. The van der Waals surface area contributed by atoms with Gasteiger partial charge in [-0.1, -0.05) is 0 Å². The molecule has 0 heterocycles. The number of aliphatic hydroxyl groups is 1. The Bertz CT molecular complexity index is 142. The van der Waals surface area contributed by atoms with Gasteiger partial charge in [0, 0.05) is 0 Å². The molecule has 0 saturated carbocycles. The number of aldehydes is 1. The van der Waals surface area contributed by atoms with E-state index < -0.39 is 19.8 Å². The molecule has 0 spiro atoms. The first kappa shape index (κ1) is 9.03. The molecule has 0 bridgehead atoms. The van der Waals surface area contributed by atoms with Crippen LogP contribution in [0.25, 0.3) is 0 Å². The minimum absolute atomic E-state index is 0.655. The van der Waals surface area contributed by atoms with E-state index in [1.807, 2.05) is 0 Å². The topological polar surface area (TPSA) is 37.3 Å². The summed E-state index contributed by atoms with van der Waals surface area (Å²) in [5, 5.41) is 8.22. The zero-order valence-electron chi connectivity index (χ0n) is 4.45. The molecule has 0 aromatic rings. The Balaban J connectivity index is 3.96. The summed E-state index contributed by atoms with van der Waals surface area (Å²) < 4.78 is 0.722. The summed E-state index contributed by atoms with van der Waals surface area (Å²) >= 11 is -0.770. The van der Waals surface area contributed by atoms with Gasteiger partial charge in [0.15, 0.2) is 0 Å². The molecule has 0 fully saturated rings. The molecule has 0 unspecified atom stereocenters. The van der Waals surface area contributed by atoms with Crippen LogP contribution in [0, 0.1) is 0 Å². The van der Waals surface area contributed by atoms with E-state index in [9.17, 15) is 4.79 Å². The van der Waals surface area contributed by atoms with Crippen molar-refractivity contribution in [3.05, 3.63) is 22.0 Å². The molecule has 50 valence electrons. The fourth-order valence-corrected chi connectivity index (χ4v) is 1.56. The first-order chi connectivity index (χ1) is 4.35. The van der Waals surface area contributed by atoms with Gasteiger partial charge in [0.2, 0.25) is 0 Å². The van der Waals surface area contributed by atoms with E-state index in [1.54, 1.807) is 0 Å². The van der Waals surface area contributed by atoms with Crippen molar-refractivity contribution in [1.29, 1.82) is 0 Å². The van der Waals surface area contributed by atoms with Crippen molar-refractivity contribution in [2.45, 2.75) is 0 Å². The molecular formula is C5H5ClO2Te. The Morgan fingerprint density at radius 1 is 1.67 bits per heavy atom. The number of aliphatic hydroxyl groups excluding tert-OH is 1. The Morgan fingerprint density at radius 2 is 2.33 bits per heavy atom. The van der Waals surface area contributed by atoms with E-state index in [1.165, 1.54) is 12.2 Å². The summed E-state index contributed by atoms with van der Waals surface area (Å²) in [6.07, 6.45) is 4.30. The summed E-state index contributed by atoms with van der Waals surface area (Å²) in [5.41, 5.74) is 0. The predicted molar refractivity (Wildman–Crippen MR) is 37.5 cm³/mol. The molecule has 0 aliphatic carbocycles. The van der Waals surface area contributed by atoms with Crippen molar-refractivity contribution in [3.8, 4) is 0 Å². The molecule has 0 aliphatic rings. The number of carbonyl (C=O) groups excluding carboxylic acids is 1. The summed E-state index contributed by atoms with van der Waals surface area (Å²) in [5.74, 6) is 0. The van der Waals surface area contributed by atoms with Crippen LogP contribution >= 0.6 is 8.96 Å². The monoisotopic (exact) mass is 262 g/mol. The zero-order valence-corrected chi connectivity index (χ0v) is 7.54. The first-order valence-electron chi connectivity index (χ1n) is 2.10. The standard InChI is InChI=1S/C5H5ClO2Te/c6-9-5(1-3-7)2-4-8/h1-4,7H/b3-1-,5-2-. The van der Waals surface area contributed by atoms with Crippen molar-refractivity contribution < 1.29 is 9.90 Å². The van der Waals surface area contributed by atoms with Crippen molar-refractivity contribution in [3.63, 3.8) is 0 Å². The van der Waals surface area contributed by atoms with Crippen LogP contribution in [-0.2, 0) is 4.79 Å². The van der Waals surface area contributed by atoms with Crippen LogP contribution in [0.2, 0.25) is 0 Å². The second-order valence-corrected chi connectivity index (χ2v) is 3.92. The van der Waals surface area contributed by atoms with Crippen molar-refractivity contribution in [1.82, 2.24) is 0 Å². The number of hydrogen-bond donors (Lipinski definition) is 1. The van der Waals surface area contributed by atoms with Gasteiger partial charge in [-0.2, -0.15) is 0 Å². The normalized spacial score (nSPS) is 12.3. The second kappa shape index (κ2) is 6.15. The Labute approximate surface area is 67.0 Å². The molecule has 0 aromatic carbocycles. The van der Waals surface area contributed by atoms with Gasteiger partial charge in [-0.3, -0.25) is 0 Å². The van der Waals surface area contributed by atoms with Gasteiger partial charge in [-0.05, 0) is 0 Å². The molecule has 0 amide bonds. The molecule has 0 atom stereocenters. The van der Waals surface area contributed by atoms with Crippen LogP contribution in [0.4, 0.5) is 0 Å². The van der Waals surface area contributed by atoms with Gasteiger partial charge in [0.05, 0.1) is 0 Å². The maximum absolute atomic E-state index is 9.82. The number of carbonyl (C=O) groups is 1. The van der Waals surface area contributed by atoms with Gasteiger partial charge in [0.25, 0.3) is 0 Å². The van der Waals surface area contributed by atoms with E-state index >= 15 is 0 Å². The second-order valence-electron chi connectivity index (χ2n) is 1.10. The quantitative estimate of drug-likeness (QED) is 0.270. The van der Waals surface area contributed by atoms with E-state index in [4.69, 9.17) is 14.1 Å².